The maximum atomic E-state index is 12.4. The quantitative estimate of drug-likeness (QED) is 0.740. The molecule has 2 saturated heterocycles. The van der Waals surface area contributed by atoms with E-state index in [1.165, 1.54) is 0 Å². The number of nitrogens with zero attached hydrogens (tertiary/aromatic N) is 2. The van der Waals surface area contributed by atoms with Crippen molar-refractivity contribution >= 4 is 35.0 Å². The lowest BCUT2D eigenvalue weighted by Gasteiger charge is -2.37. The number of benzene rings is 2. The van der Waals surface area contributed by atoms with E-state index in [2.05, 4.69) is 4.90 Å². The molecule has 136 valence electrons. The first-order valence-corrected chi connectivity index (χ1v) is 9.52. The van der Waals surface area contributed by atoms with Gasteiger partial charge < -0.3 is 4.74 Å². The van der Waals surface area contributed by atoms with Gasteiger partial charge in [-0.05, 0) is 29.8 Å². The van der Waals surface area contributed by atoms with E-state index in [0.29, 0.717) is 16.6 Å². The SMILES string of the molecule is O=C1OC2(CCN(Cc3ccc(Cl)c(Cl)c3)CC2)CN1c1ccccc1. The molecule has 2 aromatic carbocycles. The predicted molar refractivity (Wildman–Crippen MR) is 104 cm³/mol. The van der Waals surface area contributed by atoms with Crippen LogP contribution in [0.2, 0.25) is 10.0 Å². The summed E-state index contributed by atoms with van der Waals surface area (Å²) >= 11 is 12.1. The molecule has 2 fully saturated rings. The lowest BCUT2D eigenvalue weighted by atomic mass is 9.91. The molecule has 2 heterocycles. The van der Waals surface area contributed by atoms with Crippen molar-refractivity contribution in [3.63, 3.8) is 0 Å². The van der Waals surface area contributed by atoms with Crippen molar-refractivity contribution in [1.29, 1.82) is 0 Å². The molecule has 6 heteroatoms. The first-order chi connectivity index (χ1) is 12.5. The first kappa shape index (κ1) is 17.7. The number of hydrogen-bond acceptors (Lipinski definition) is 3. The molecule has 0 radical (unpaired) electrons. The third-order valence-electron chi connectivity index (χ3n) is 5.20. The van der Waals surface area contributed by atoms with Gasteiger partial charge in [-0.3, -0.25) is 9.80 Å². The normalized spacial score (nSPS) is 19.8. The second kappa shape index (κ2) is 7.10. The zero-order valence-corrected chi connectivity index (χ0v) is 15.8. The van der Waals surface area contributed by atoms with Crippen molar-refractivity contribution in [2.24, 2.45) is 0 Å². The monoisotopic (exact) mass is 390 g/mol. The van der Waals surface area contributed by atoms with Crippen LogP contribution < -0.4 is 4.90 Å². The molecule has 1 amide bonds. The number of carbonyl (C=O) groups excluding carboxylic acids is 1. The van der Waals surface area contributed by atoms with Crippen molar-refractivity contribution in [3.8, 4) is 0 Å². The number of hydrogen-bond donors (Lipinski definition) is 0. The third-order valence-corrected chi connectivity index (χ3v) is 5.93. The average Bonchev–Trinajstić information content (AvgIpc) is 2.97. The van der Waals surface area contributed by atoms with Crippen molar-refractivity contribution in [2.45, 2.75) is 25.0 Å². The smallest absolute Gasteiger partial charge is 0.415 e. The predicted octanol–water partition coefficient (Wildman–Crippen LogP) is 4.98. The number of ether oxygens (including phenoxy) is 1. The minimum Gasteiger partial charge on any atom is -0.441 e. The van der Waals surface area contributed by atoms with E-state index in [1.54, 1.807) is 4.90 Å². The summed E-state index contributed by atoms with van der Waals surface area (Å²) in [5, 5.41) is 1.16. The molecule has 2 aliphatic heterocycles. The van der Waals surface area contributed by atoms with Crippen LogP contribution in [0.3, 0.4) is 0 Å². The molecule has 0 atom stereocenters. The molecule has 0 aromatic heterocycles. The number of piperidine rings is 1. The maximum absolute atomic E-state index is 12.4. The van der Waals surface area contributed by atoms with Gasteiger partial charge in [0.15, 0.2) is 0 Å². The second-order valence-corrected chi connectivity index (χ2v) is 7.81. The minimum absolute atomic E-state index is 0.242. The summed E-state index contributed by atoms with van der Waals surface area (Å²) in [5.41, 5.74) is 1.67. The molecule has 0 N–H and O–H groups in total. The highest BCUT2D eigenvalue weighted by molar-refractivity contribution is 6.42. The molecular formula is C20H20Cl2N2O2. The van der Waals surface area contributed by atoms with Gasteiger partial charge in [0.2, 0.25) is 0 Å². The van der Waals surface area contributed by atoms with E-state index in [1.807, 2.05) is 48.5 Å². The molecule has 2 aliphatic rings. The minimum atomic E-state index is -0.374. The highest BCUT2D eigenvalue weighted by atomic mass is 35.5. The molecule has 4 rings (SSSR count). The van der Waals surface area contributed by atoms with Gasteiger partial charge >= 0.3 is 6.09 Å². The summed E-state index contributed by atoms with van der Waals surface area (Å²) in [5.74, 6) is 0. The number of para-hydroxylation sites is 1. The summed E-state index contributed by atoms with van der Waals surface area (Å²) in [4.78, 5) is 16.5. The van der Waals surface area contributed by atoms with Gasteiger partial charge in [0.1, 0.15) is 5.60 Å². The maximum Gasteiger partial charge on any atom is 0.415 e. The Kier molecular flexibility index (Phi) is 4.82. The number of amides is 1. The number of likely N-dealkylation sites (tertiary alicyclic amines) is 1. The van der Waals surface area contributed by atoms with E-state index in [4.69, 9.17) is 27.9 Å². The molecule has 1 spiro atoms. The Labute approximate surface area is 163 Å². The molecule has 0 bridgehead atoms. The lowest BCUT2D eigenvalue weighted by Crippen LogP contribution is -2.46. The van der Waals surface area contributed by atoms with Crippen LogP contribution in [0.15, 0.2) is 48.5 Å². The lowest BCUT2D eigenvalue weighted by molar-refractivity contribution is -0.000970. The molecular weight excluding hydrogens is 371 g/mol. The summed E-state index contributed by atoms with van der Waals surface area (Å²) in [6.45, 7) is 3.21. The van der Waals surface area contributed by atoms with Crippen LogP contribution in [-0.2, 0) is 11.3 Å². The highest BCUT2D eigenvalue weighted by Crippen LogP contribution is 2.36. The fourth-order valence-corrected chi connectivity index (χ4v) is 4.03. The van der Waals surface area contributed by atoms with Gasteiger partial charge in [-0.1, -0.05) is 47.5 Å². The van der Waals surface area contributed by atoms with E-state index in [9.17, 15) is 4.79 Å². The van der Waals surface area contributed by atoms with Crippen LogP contribution in [0.4, 0.5) is 10.5 Å². The summed E-state index contributed by atoms with van der Waals surface area (Å²) < 4.78 is 5.81. The molecule has 0 saturated carbocycles. The fraction of sp³-hybridized carbons (Fsp3) is 0.350. The van der Waals surface area contributed by atoms with Gasteiger partial charge in [0.25, 0.3) is 0 Å². The Morgan fingerprint density at radius 2 is 1.73 bits per heavy atom. The van der Waals surface area contributed by atoms with E-state index < -0.39 is 0 Å². The number of rotatable bonds is 3. The van der Waals surface area contributed by atoms with Crippen molar-refractivity contribution in [1.82, 2.24) is 4.90 Å². The molecule has 2 aromatic rings. The highest BCUT2D eigenvalue weighted by Gasteiger charge is 2.47. The van der Waals surface area contributed by atoms with E-state index in [0.717, 1.165) is 43.7 Å². The third kappa shape index (κ3) is 3.54. The summed E-state index contributed by atoms with van der Waals surface area (Å²) in [6.07, 6.45) is 1.43. The fourth-order valence-electron chi connectivity index (χ4n) is 3.70. The van der Waals surface area contributed by atoms with Crippen LogP contribution in [0.5, 0.6) is 0 Å². The van der Waals surface area contributed by atoms with Gasteiger partial charge in [-0.25, -0.2) is 4.79 Å². The Hall–Kier alpha value is -1.75. The van der Waals surface area contributed by atoms with E-state index in [-0.39, 0.29) is 11.7 Å². The number of halogens is 2. The van der Waals surface area contributed by atoms with Crippen LogP contribution in [0.25, 0.3) is 0 Å². The Morgan fingerprint density at radius 3 is 2.42 bits per heavy atom. The van der Waals surface area contributed by atoms with Crippen LogP contribution >= 0.6 is 23.2 Å². The zero-order valence-electron chi connectivity index (χ0n) is 14.3. The number of carbonyl (C=O) groups is 1. The molecule has 0 unspecified atom stereocenters. The molecule has 26 heavy (non-hydrogen) atoms. The van der Waals surface area contributed by atoms with Crippen LogP contribution in [-0.4, -0.2) is 36.2 Å². The average molecular weight is 391 g/mol. The Bertz CT molecular complexity index is 805. The van der Waals surface area contributed by atoms with Gasteiger partial charge in [-0.2, -0.15) is 0 Å². The molecule has 4 nitrogen and oxygen atoms in total. The molecule has 0 aliphatic carbocycles. The van der Waals surface area contributed by atoms with Crippen LogP contribution in [0.1, 0.15) is 18.4 Å². The van der Waals surface area contributed by atoms with Gasteiger partial charge in [0, 0.05) is 38.2 Å². The van der Waals surface area contributed by atoms with Gasteiger partial charge in [-0.15, -0.1) is 0 Å². The largest absolute Gasteiger partial charge is 0.441 e. The topological polar surface area (TPSA) is 32.8 Å². The van der Waals surface area contributed by atoms with Crippen molar-refractivity contribution in [3.05, 3.63) is 64.1 Å². The Morgan fingerprint density at radius 1 is 1.00 bits per heavy atom. The van der Waals surface area contributed by atoms with Crippen LogP contribution in [0, 0.1) is 0 Å². The van der Waals surface area contributed by atoms with Crippen molar-refractivity contribution < 1.29 is 9.53 Å². The zero-order chi connectivity index (χ0) is 18.1. The Balaban J connectivity index is 1.39. The second-order valence-electron chi connectivity index (χ2n) is 7.00. The summed E-state index contributed by atoms with van der Waals surface area (Å²) in [6, 6.07) is 15.5. The van der Waals surface area contributed by atoms with Crippen molar-refractivity contribution in [2.75, 3.05) is 24.5 Å². The summed E-state index contributed by atoms with van der Waals surface area (Å²) in [7, 11) is 0. The van der Waals surface area contributed by atoms with E-state index >= 15 is 0 Å². The standard InChI is InChI=1S/C20H20Cl2N2O2/c21-17-7-6-15(12-18(17)22)13-23-10-8-20(9-11-23)14-24(19(25)26-20)16-4-2-1-3-5-16/h1-7,12H,8-11,13-14H2. The van der Waals surface area contributed by atoms with Gasteiger partial charge in [0.05, 0.1) is 16.6 Å². The first-order valence-electron chi connectivity index (χ1n) is 8.77. The number of anilines is 1.